The van der Waals surface area contributed by atoms with Gasteiger partial charge in [-0.15, -0.1) is 0 Å². The van der Waals surface area contributed by atoms with Gasteiger partial charge in [0.25, 0.3) is 0 Å². The van der Waals surface area contributed by atoms with Crippen LogP contribution in [0.5, 0.6) is 17.2 Å². The summed E-state index contributed by atoms with van der Waals surface area (Å²) in [5.41, 5.74) is 1.89. The Hall–Kier alpha value is -2.57. The Morgan fingerprint density at radius 3 is 2.12 bits per heavy atom. The van der Waals surface area contributed by atoms with E-state index in [-0.39, 0.29) is 13.6 Å². The summed E-state index contributed by atoms with van der Waals surface area (Å²) in [6.45, 7) is 2.56. The van der Waals surface area contributed by atoms with Crippen LogP contribution in [0.15, 0.2) is 36.4 Å². The fraction of sp³-hybridized carbons (Fsp3) is 0.316. The standard InChI is InChI=1S/C19H22O6/c1-4-23-17-6-5-7-18(25-13-22-3)19(17)15-10-14(11-20)8-9-16(15)24-12-21-2/h5-11H,4,12-13H2,1-3H3. The molecule has 0 amide bonds. The number of carbonyl (C=O) groups excluding carboxylic acids is 1. The summed E-state index contributed by atoms with van der Waals surface area (Å²) in [5, 5.41) is 0. The highest BCUT2D eigenvalue weighted by molar-refractivity contribution is 5.86. The van der Waals surface area contributed by atoms with E-state index in [4.69, 9.17) is 23.7 Å². The number of carbonyl (C=O) groups is 1. The van der Waals surface area contributed by atoms with E-state index in [1.54, 1.807) is 32.4 Å². The van der Waals surface area contributed by atoms with Crippen molar-refractivity contribution in [2.45, 2.75) is 6.92 Å². The van der Waals surface area contributed by atoms with Gasteiger partial charge in [-0.2, -0.15) is 0 Å². The molecule has 0 radical (unpaired) electrons. The zero-order valence-corrected chi connectivity index (χ0v) is 14.6. The Balaban J connectivity index is 2.62. The lowest BCUT2D eigenvalue weighted by molar-refractivity contribution is 0.0499. The van der Waals surface area contributed by atoms with Crippen molar-refractivity contribution in [1.29, 1.82) is 0 Å². The molecule has 0 atom stereocenters. The molecule has 134 valence electrons. The van der Waals surface area contributed by atoms with E-state index >= 15 is 0 Å². The minimum Gasteiger partial charge on any atom is -0.493 e. The predicted molar refractivity (Wildman–Crippen MR) is 93.4 cm³/mol. The third-order valence-electron chi connectivity index (χ3n) is 3.36. The summed E-state index contributed by atoms with van der Waals surface area (Å²) in [6, 6.07) is 10.6. The van der Waals surface area contributed by atoms with Gasteiger partial charge in [-0.1, -0.05) is 6.07 Å². The van der Waals surface area contributed by atoms with Crippen LogP contribution in [-0.4, -0.2) is 40.7 Å². The van der Waals surface area contributed by atoms with Crippen molar-refractivity contribution in [2.24, 2.45) is 0 Å². The monoisotopic (exact) mass is 346 g/mol. The lowest BCUT2D eigenvalue weighted by Gasteiger charge is -2.18. The number of hydrogen-bond donors (Lipinski definition) is 0. The average molecular weight is 346 g/mol. The largest absolute Gasteiger partial charge is 0.493 e. The Labute approximate surface area is 147 Å². The van der Waals surface area contributed by atoms with E-state index in [1.807, 2.05) is 25.1 Å². The lowest BCUT2D eigenvalue weighted by atomic mass is 10.00. The van der Waals surface area contributed by atoms with E-state index in [0.29, 0.717) is 40.5 Å². The van der Waals surface area contributed by atoms with Gasteiger partial charge in [0.15, 0.2) is 13.6 Å². The maximum atomic E-state index is 11.2. The first-order valence-electron chi connectivity index (χ1n) is 7.84. The lowest BCUT2D eigenvalue weighted by Crippen LogP contribution is -2.05. The average Bonchev–Trinajstić information content (AvgIpc) is 2.65. The molecule has 2 rings (SSSR count). The van der Waals surface area contributed by atoms with E-state index in [0.717, 1.165) is 6.29 Å². The molecular formula is C19H22O6. The van der Waals surface area contributed by atoms with Crippen LogP contribution in [-0.2, 0) is 9.47 Å². The zero-order valence-electron chi connectivity index (χ0n) is 14.6. The van der Waals surface area contributed by atoms with Crippen molar-refractivity contribution < 1.29 is 28.5 Å². The van der Waals surface area contributed by atoms with Gasteiger partial charge >= 0.3 is 0 Å². The summed E-state index contributed by atoms with van der Waals surface area (Å²) in [4.78, 5) is 11.2. The molecule has 0 unspecified atom stereocenters. The quantitative estimate of drug-likeness (QED) is 0.484. The van der Waals surface area contributed by atoms with Crippen LogP contribution in [0.4, 0.5) is 0 Å². The second-order valence-corrected chi connectivity index (χ2v) is 5.04. The molecule has 0 aliphatic rings. The van der Waals surface area contributed by atoms with E-state index in [2.05, 4.69) is 0 Å². The van der Waals surface area contributed by atoms with Gasteiger partial charge in [-0.3, -0.25) is 4.79 Å². The highest BCUT2D eigenvalue weighted by atomic mass is 16.7. The molecule has 2 aromatic carbocycles. The van der Waals surface area contributed by atoms with Crippen LogP contribution in [0.1, 0.15) is 17.3 Å². The second kappa shape index (κ2) is 9.66. The predicted octanol–water partition coefficient (Wildman–Crippen LogP) is 3.53. The molecule has 0 bridgehead atoms. The molecule has 2 aromatic rings. The van der Waals surface area contributed by atoms with E-state index < -0.39 is 0 Å². The Bertz CT molecular complexity index is 698. The zero-order chi connectivity index (χ0) is 18.1. The summed E-state index contributed by atoms with van der Waals surface area (Å²) < 4.78 is 27.1. The van der Waals surface area contributed by atoms with Crippen molar-refractivity contribution in [3.63, 3.8) is 0 Å². The van der Waals surface area contributed by atoms with Gasteiger partial charge in [-0.05, 0) is 37.3 Å². The Kier molecular flexibility index (Phi) is 7.25. The molecule has 0 aliphatic carbocycles. The molecule has 0 saturated heterocycles. The van der Waals surface area contributed by atoms with Crippen LogP contribution in [0.3, 0.4) is 0 Å². The molecule has 0 aromatic heterocycles. The fourth-order valence-electron chi connectivity index (χ4n) is 2.36. The summed E-state index contributed by atoms with van der Waals surface area (Å²) in [6.07, 6.45) is 0.780. The maximum absolute atomic E-state index is 11.2. The van der Waals surface area contributed by atoms with Gasteiger partial charge in [0, 0.05) is 25.3 Å². The van der Waals surface area contributed by atoms with Crippen molar-refractivity contribution >= 4 is 6.29 Å². The first kappa shape index (κ1) is 18.8. The van der Waals surface area contributed by atoms with Crippen LogP contribution >= 0.6 is 0 Å². The third kappa shape index (κ3) is 4.71. The number of aldehydes is 1. The van der Waals surface area contributed by atoms with Crippen molar-refractivity contribution in [3.8, 4) is 28.4 Å². The van der Waals surface area contributed by atoms with Crippen molar-refractivity contribution in [1.82, 2.24) is 0 Å². The first-order chi connectivity index (χ1) is 12.2. The Morgan fingerprint density at radius 2 is 1.52 bits per heavy atom. The minimum absolute atomic E-state index is 0.0818. The molecule has 0 fully saturated rings. The second-order valence-electron chi connectivity index (χ2n) is 5.04. The van der Waals surface area contributed by atoms with Gasteiger partial charge in [-0.25, -0.2) is 0 Å². The van der Waals surface area contributed by atoms with Gasteiger partial charge in [0.2, 0.25) is 0 Å². The maximum Gasteiger partial charge on any atom is 0.188 e. The highest BCUT2D eigenvalue weighted by Crippen LogP contribution is 2.43. The summed E-state index contributed by atoms with van der Waals surface area (Å²) in [7, 11) is 3.09. The third-order valence-corrected chi connectivity index (χ3v) is 3.36. The van der Waals surface area contributed by atoms with Gasteiger partial charge in [0.05, 0.1) is 12.2 Å². The minimum atomic E-state index is 0.0818. The van der Waals surface area contributed by atoms with Crippen LogP contribution in [0.2, 0.25) is 0 Å². The molecule has 0 heterocycles. The topological polar surface area (TPSA) is 63.2 Å². The summed E-state index contributed by atoms with van der Waals surface area (Å²) >= 11 is 0. The molecule has 6 nitrogen and oxygen atoms in total. The van der Waals surface area contributed by atoms with Crippen LogP contribution in [0.25, 0.3) is 11.1 Å². The number of benzene rings is 2. The first-order valence-corrected chi connectivity index (χ1v) is 7.84. The SMILES string of the molecule is CCOc1cccc(OCOC)c1-c1cc(C=O)ccc1OCOC. The smallest absolute Gasteiger partial charge is 0.188 e. The molecule has 0 spiro atoms. The van der Waals surface area contributed by atoms with Crippen LogP contribution in [0, 0.1) is 0 Å². The van der Waals surface area contributed by atoms with Crippen molar-refractivity contribution in [2.75, 3.05) is 34.4 Å². The molecule has 0 N–H and O–H groups in total. The van der Waals surface area contributed by atoms with E-state index in [9.17, 15) is 4.79 Å². The molecule has 0 saturated carbocycles. The molecule has 0 aliphatic heterocycles. The van der Waals surface area contributed by atoms with Gasteiger partial charge in [0.1, 0.15) is 23.5 Å². The molecule has 6 heteroatoms. The summed E-state index contributed by atoms with van der Waals surface area (Å²) in [5.74, 6) is 1.75. The van der Waals surface area contributed by atoms with Gasteiger partial charge < -0.3 is 23.7 Å². The fourth-order valence-corrected chi connectivity index (χ4v) is 2.36. The molecular weight excluding hydrogens is 324 g/mol. The van der Waals surface area contributed by atoms with Crippen LogP contribution < -0.4 is 14.2 Å². The Morgan fingerprint density at radius 1 is 0.880 bits per heavy atom. The number of rotatable bonds is 10. The number of hydrogen-bond acceptors (Lipinski definition) is 6. The van der Waals surface area contributed by atoms with Crippen molar-refractivity contribution in [3.05, 3.63) is 42.0 Å². The molecule has 25 heavy (non-hydrogen) atoms. The van der Waals surface area contributed by atoms with E-state index in [1.165, 1.54) is 0 Å². The number of methoxy groups -OCH3 is 2. The highest BCUT2D eigenvalue weighted by Gasteiger charge is 2.18. The normalized spacial score (nSPS) is 10.4. The number of ether oxygens (including phenoxy) is 5.